The number of nitrogens with one attached hydrogen (secondary N) is 1. The van der Waals surface area contributed by atoms with Crippen LogP contribution in [0.2, 0.25) is 0 Å². The molecule has 0 bridgehead atoms. The summed E-state index contributed by atoms with van der Waals surface area (Å²) in [6, 6.07) is -0.110. The topological polar surface area (TPSA) is 63.1 Å². The molecule has 0 unspecified atom stereocenters. The second-order valence-corrected chi connectivity index (χ2v) is 6.78. The van der Waals surface area contributed by atoms with E-state index in [9.17, 15) is 4.79 Å². The van der Waals surface area contributed by atoms with Gasteiger partial charge in [-0.3, -0.25) is 9.69 Å². The summed E-state index contributed by atoms with van der Waals surface area (Å²) in [5, 5.41) is 11.2. The Morgan fingerprint density at radius 2 is 1.91 bits per heavy atom. The number of nitrogens with zero attached hydrogens (tertiary/aromatic N) is 4. The van der Waals surface area contributed by atoms with Gasteiger partial charge in [0.2, 0.25) is 5.91 Å². The molecule has 2 aliphatic rings. The van der Waals surface area contributed by atoms with Gasteiger partial charge in [0.15, 0.2) is 5.82 Å². The molecule has 1 amide bonds. The van der Waals surface area contributed by atoms with Gasteiger partial charge in [0, 0.05) is 7.05 Å². The normalized spacial score (nSPS) is 23.4. The van der Waals surface area contributed by atoms with E-state index in [1.165, 1.54) is 19.3 Å². The highest BCUT2D eigenvalue weighted by atomic mass is 16.2. The molecular formula is C16H27N5O. The molecule has 1 aliphatic heterocycles. The highest BCUT2D eigenvalue weighted by molar-refractivity contribution is 5.86. The molecule has 0 aromatic carbocycles. The SMILES string of the molecule is C[C@H](NC(=O)C1(N2CCCC2)CCCCC1)c1nncn1C. The smallest absolute Gasteiger partial charge is 0.241 e. The Morgan fingerprint density at radius 3 is 2.50 bits per heavy atom. The molecule has 0 spiro atoms. The summed E-state index contributed by atoms with van der Waals surface area (Å²) < 4.78 is 1.87. The Kier molecular flexibility index (Phi) is 4.47. The Morgan fingerprint density at radius 1 is 1.23 bits per heavy atom. The van der Waals surface area contributed by atoms with E-state index in [4.69, 9.17) is 0 Å². The molecule has 2 heterocycles. The van der Waals surface area contributed by atoms with Crippen molar-refractivity contribution in [1.29, 1.82) is 0 Å². The molecule has 6 heteroatoms. The molecule has 1 aromatic rings. The first-order valence-corrected chi connectivity index (χ1v) is 8.53. The molecule has 1 aliphatic carbocycles. The second kappa shape index (κ2) is 6.36. The molecule has 1 saturated heterocycles. The van der Waals surface area contributed by atoms with Crippen LogP contribution in [-0.2, 0) is 11.8 Å². The zero-order chi connectivity index (χ0) is 15.6. The predicted octanol–water partition coefficient (Wildman–Crippen LogP) is 1.79. The maximum absolute atomic E-state index is 13.1. The van der Waals surface area contributed by atoms with Crippen LogP contribution < -0.4 is 5.32 Å². The summed E-state index contributed by atoms with van der Waals surface area (Å²) in [4.78, 5) is 15.5. The fraction of sp³-hybridized carbons (Fsp3) is 0.812. The first kappa shape index (κ1) is 15.5. The summed E-state index contributed by atoms with van der Waals surface area (Å²) >= 11 is 0. The van der Waals surface area contributed by atoms with Gasteiger partial charge < -0.3 is 9.88 Å². The molecule has 2 fully saturated rings. The third kappa shape index (κ3) is 2.76. The van der Waals surface area contributed by atoms with Gasteiger partial charge in [-0.25, -0.2) is 0 Å². The number of carbonyl (C=O) groups excluding carboxylic acids is 1. The summed E-state index contributed by atoms with van der Waals surface area (Å²) in [6.07, 6.45) is 9.65. The highest BCUT2D eigenvalue weighted by Crippen LogP contribution is 2.36. The number of carbonyl (C=O) groups is 1. The molecule has 1 aromatic heterocycles. The maximum Gasteiger partial charge on any atom is 0.241 e. The van der Waals surface area contributed by atoms with E-state index in [1.807, 2.05) is 18.5 Å². The van der Waals surface area contributed by atoms with Crippen LogP contribution in [0.3, 0.4) is 0 Å². The van der Waals surface area contributed by atoms with Gasteiger partial charge in [-0.15, -0.1) is 10.2 Å². The third-order valence-electron chi connectivity index (χ3n) is 5.30. The standard InChI is InChI=1S/C16H27N5O/c1-13(14-19-17-12-20(14)2)18-15(22)16(8-4-3-5-9-16)21-10-6-7-11-21/h12-13H,3-11H2,1-2H3,(H,18,22)/t13-/m0/s1. The molecular weight excluding hydrogens is 278 g/mol. The van der Waals surface area contributed by atoms with Crippen LogP contribution in [0.15, 0.2) is 6.33 Å². The van der Waals surface area contributed by atoms with E-state index in [2.05, 4.69) is 20.4 Å². The number of likely N-dealkylation sites (tertiary alicyclic amines) is 1. The van der Waals surface area contributed by atoms with Crippen LogP contribution >= 0.6 is 0 Å². The number of rotatable bonds is 4. The maximum atomic E-state index is 13.1. The molecule has 22 heavy (non-hydrogen) atoms. The van der Waals surface area contributed by atoms with E-state index in [1.54, 1.807) is 6.33 Å². The van der Waals surface area contributed by atoms with Crippen LogP contribution in [0.5, 0.6) is 0 Å². The van der Waals surface area contributed by atoms with Gasteiger partial charge in [0.25, 0.3) is 0 Å². The van der Waals surface area contributed by atoms with Gasteiger partial charge in [-0.2, -0.15) is 0 Å². The van der Waals surface area contributed by atoms with Crippen molar-refractivity contribution in [3.05, 3.63) is 12.2 Å². The van der Waals surface area contributed by atoms with Crippen molar-refractivity contribution in [2.75, 3.05) is 13.1 Å². The quantitative estimate of drug-likeness (QED) is 0.921. The van der Waals surface area contributed by atoms with E-state index in [0.717, 1.165) is 44.6 Å². The lowest BCUT2D eigenvalue weighted by atomic mass is 9.79. The fourth-order valence-electron chi connectivity index (χ4n) is 4.05. The molecule has 1 atom stereocenters. The number of amides is 1. The van der Waals surface area contributed by atoms with Crippen LogP contribution in [0, 0.1) is 0 Å². The molecule has 1 N–H and O–H groups in total. The Balaban J connectivity index is 1.76. The zero-order valence-electron chi connectivity index (χ0n) is 13.7. The fourth-order valence-corrected chi connectivity index (χ4v) is 4.05. The highest BCUT2D eigenvalue weighted by Gasteiger charge is 2.45. The molecule has 1 saturated carbocycles. The molecule has 3 rings (SSSR count). The average molecular weight is 305 g/mol. The number of hydrogen-bond donors (Lipinski definition) is 1. The average Bonchev–Trinajstić information content (AvgIpc) is 3.19. The summed E-state index contributed by atoms with van der Waals surface area (Å²) in [6.45, 7) is 4.11. The first-order chi connectivity index (χ1) is 10.6. The monoisotopic (exact) mass is 305 g/mol. The minimum absolute atomic E-state index is 0.110. The Bertz CT molecular complexity index is 514. The van der Waals surface area contributed by atoms with Crippen molar-refractivity contribution in [3.8, 4) is 0 Å². The second-order valence-electron chi connectivity index (χ2n) is 6.78. The van der Waals surface area contributed by atoms with Crippen LogP contribution in [0.25, 0.3) is 0 Å². The summed E-state index contributed by atoms with van der Waals surface area (Å²) in [5.41, 5.74) is -0.290. The van der Waals surface area contributed by atoms with E-state index < -0.39 is 0 Å². The van der Waals surface area contributed by atoms with Crippen molar-refractivity contribution in [2.24, 2.45) is 7.05 Å². The lowest BCUT2D eigenvalue weighted by molar-refractivity contribution is -0.136. The third-order valence-corrected chi connectivity index (χ3v) is 5.30. The molecule has 6 nitrogen and oxygen atoms in total. The van der Waals surface area contributed by atoms with Crippen molar-refractivity contribution in [3.63, 3.8) is 0 Å². The molecule has 122 valence electrons. The number of hydrogen-bond acceptors (Lipinski definition) is 4. The minimum atomic E-state index is -0.290. The summed E-state index contributed by atoms with van der Waals surface area (Å²) in [5.74, 6) is 0.991. The molecule has 0 radical (unpaired) electrons. The van der Waals surface area contributed by atoms with Crippen molar-refractivity contribution in [1.82, 2.24) is 25.0 Å². The van der Waals surface area contributed by atoms with Crippen molar-refractivity contribution >= 4 is 5.91 Å². The van der Waals surface area contributed by atoms with Gasteiger partial charge in [0.05, 0.1) is 6.04 Å². The van der Waals surface area contributed by atoms with E-state index in [0.29, 0.717) is 0 Å². The lowest BCUT2D eigenvalue weighted by Crippen LogP contribution is -2.59. The zero-order valence-corrected chi connectivity index (χ0v) is 13.7. The van der Waals surface area contributed by atoms with Gasteiger partial charge in [-0.1, -0.05) is 19.3 Å². The van der Waals surface area contributed by atoms with Crippen molar-refractivity contribution in [2.45, 2.75) is 63.5 Å². The number of aryl methyl sites for hydroxylation is 1. The van der Waals surface area contributed by atoms with E-state index >= 15 is 0 Å². The summed E-state index contributed by atoms with van der Waals surface area (Å²) in [7, 11) is 1.91. The van der Waals surface area contributed by atoms with E-state index in [-0.39, 0.29) is 17.5 Å². The predicted molar refractivity (Wildman–Crippen MR) is 84.2 cm³/mol. The lowest BCUT2D eigenvalue weighted by Gasteiger charge is -2.43. The Hall–Kier alpha value is -1.43. The largest absolute Gasteiger partial charge is 0.345 e. The van der Waals surface area contributed by atoms with Crippen LogP contribution in [0.4, 0.5) is 0 Å². The number of aromatic nitrogens is 3. The van der Waals surface area contributed by atoms with Crippen LogP contribution in [0.1, 0.15) is 63.7 Å². The van der Waals surface area contributed by atoms with Gasteiger partial charge in [0.1, 0.15) is 11.9 Å². The Labute approximate surface area is 132 Å². The van der Waals surface area contributed by atoms with Gasteiger partial charge in [-0.05, 0) is 45.7 Å². The minimum Gasteiger partial charge on any atom is -0.345 e. The van der Waals surface area contributed by atoms with Crippen LogP contribution in [-0.4, -0.2) is 44.2 Å². The first-order valence-electron chi connectivity index (χ1n) is 8.53. The van der Waals surface area contributed by atoms with Crippen molar-refractivity contribution < 1.29 is 4.79 Å². The van der Waals surface area contributed by atoms with Gasteiger partial charge >= 0.3 is 0 Å².